The molecule has 3 heteroatoms. The van der Waals surface area contributed by atoms with E-state index in [0.29, 0.717) is 16.3 Å². The highest BCUT2D eigenvalue weighted by Crippen LogP contribution is 2.24. The lowest BCUT2D eigenvalue weighted by Gasteiger charge is -2.09. The first kappa shape index (κ1) is 12.5. The van der Waals surface area contributed by atoms with Crippen molar-refractivity contribution in [3.05, 3.63) is 63.7 Å². The molecule has 0 amide bonds. The Kier molecular flexibility index (Phi) is 3.55. The summed E-state index contributed by atoms with van der Waals surface area (Å²) in [4.78, 5) is 0. The number of rotatable bonds is 2. The number of nitrogens with zero attached hydrogens (tertiary/aromatic N) is 1. The molecular weight excluding hydrogens is 244 g/mol. The van der Waals surface area contributed by atoms with E-state index in [4.69, 9.17) is 22.6 Å². The number of hydrogen-bond donors (Lipinski definition) is 1. The van der Waals surface area contributed by atoms with Crippen LogP contribution in [0.15, 0.2) is 36.4 Å². The molecule has 0 radical (unpaired) electrons. The van der Waals surface area contributed by atoms with Crippen molar-refractivity contribution in [1.82, 2.24) is 0 Å². The lowest BCUT2D eigenvalue weighted by Crippen LogP contribution is -1.97. The van der Waals surface area contributed by atoms with Crippen LogP contribution in [-0.2, 0) is 6.42 Å². The van der Waals surface area contributed by atoms with Gasteiger partial charge in [0.05, 0.1) is 11.6 Å². The fourth-order valence-corrected chi connectivity index (χ4v) is 2.16. The molecule has 90 valence electrons. The van der Waals surface area contributed by atoms with Gasteiger partial charge in [0.1, 0.15) is 0 Å². The maximum absolute atomic E-state index is 8.88. The molecule has 0 spiro atoms. The fraction of sp³-hybridized carbons (Fsp3) is 0.133. The van der Waals surface area contributed by atoms with Crippen LogP contribution in [0, 0.1) is 18.3 Å². The number of nitrogens with two attached hydrogens (primary N) is 1. The summed E-state index contributed by atoms with van der Waals surface area (Å²) in [6.45, 7) is 1.98. The molecular formula is C15H13ClN2. The molecule has 2 rings (SSSR count). The van der Waals surface area contributed by atoms with Crippen molar-refractivity contribution in [3.63, 3.8) is 0 Å². The Hall–Kier alpha value is -1.98. The molecule has 0 aromatic heterocycles. The van der Waals surface area contributed by atoms with Crippen molar-refractivity contribution in [3.8, 4) is 6.07 Å². The van der Waals surface area contributed by atoms with Crippen molar-refractivity contribution >= 4 is 17.3 Å². The van der Waals surface area contributed by atoms with E-state index in [1.165, 1.54) is 0 Å². The molecule has 2 aromatic carbocycles. The second-order valence-corrected chi connectivity index (χ2v) is 4.70. The van der Waals surface area contributed by atoms with Gasteiger partial charge >= 0.3 is 0 Å². The molecule has 0 unspecified atom stereocenters. The van der Waals surface area contributed by atoms with Crippen molar-refractivity contribution in [2.75, 3.05) is 5.73 Å². The predicted octanol–water partition coefficient (Wildman–Crippen LogP) is 3.69. The number of nitrogen functional groups attached to an aromatic ring is 1. The van der Waals surface area contributed by atoms with Crippen LogP contribution in [0.5, 0.6) is 0 Å². The molecule has 0 fully saturated rings. The average molecular weight is 257 g/mol. The van der Waals surface area contributed by atoms with Gasteiger partial charge in [0.2, 0.25) is 0 Å². The normalized spacial score (nSPS) is 10.1. The zero-order valence-electron chi connectivity index (χ0n) is 10.1. The third-order valence-electron chi connectivity index (χ3n) is 2.97. The topological polar surface area (TPSA) is 49.8 Å². The Balaban J connectivity index is 2.37. The molecule has 0 heterocycles. The molecule has 2 nitrogen and oxygen atoms in total. The molecule has 0 aliphatic heterocycles. The predicted molar refractivity (Wildman–Crippen MR) is 74.6 cm³/mol. The third-order valence-corrected chi connectivity index (χ3v) is 3.19. The zero-order valence-corrected chi connectivity index (χ0v) is 10.8. The van der Waals surface area contributed by atoms with Crippen LogP contribution < -0.4 is 5.73 Å². The monoisotopic (exact) mass is 256 g/mol. The first-order chi connectivity index (χ1) is 8.60. The standard InChI is InChI=1S/C15H13ClN2/c1-10-13(7-14(16)8-15(10)18)6-11-3-2-4-12(5-11)9-17/h2-5,7-8H,6,18H2,1H3. The first-order valence-corrected chi connectivity index (χ1v) is 6.01. The summed E-state index contributed by atoms with van der Waals surface area (Å²) >= 11 is 6.01. The highest BCUT2D eigenvalue weighted by molar-refractivity contribution is 6.31. The van der Waals surface area contributed by atoms with E-state index in [-0.39, 0.29) is 0 Å². The van der Waals surface area contributed by atoms with Crippen LogP contribution in [0.25, 0.3) is 0 Å². The number of halogens is 1. The number of hydrogen-bond acceptors (Lipinski definition) is 2. The summed E-state index contributed by atoms with van der Waals surface area (Å²) < 4.78 is 0. The first-order valence-electron chi connectivity index (χ1n) is 5.63. The summed E-state index contributed by atoms with van der Waals surface area (Å²) in [7, 11) is 0. The van der Waals surface area contributed by atoms with E-state index >= 15 is 0 Å². The Morgan fingerprint density at radius 2 is 2.06 bits per heavy atom. The van der Waals surface area contributed by atoms with E-state index in [2.05, 4.69) is 6.07 Å². The molecule has 0 saturated heterocycles. The number of anilines is 1. The largest absolute Gasteiger partial charge is 0.398 e. The van der Waals surface area contributed by atoms with E-state index in [1.54, 1.807) is 12.1 Å². The molecule has 0 aliphatic rings. The van der Waals surface area contributed by atoms with Crippen molar-refractivity contribution in [2.24, 2.45) is 0 Å². The SMILES string of the molecule is Cc1c(N)cc(Cl)cc1Cc1cccc(C#N)c1. The molecule has 0 saturated carbocycles. The summed E-state index contributed by atoms with van der Waals surface area (Å²) in [5, 5.41) is 9.52. The molecule has 0 bridgehead atoms. The van der Waals surface area contributed by atoms with Gasteiger partial charge in [0.25, 0.3) is 0 Å². The lowest BCUT2D eigenvalue weighted by molar-refractivity contribution is 1.16. The van der Waals surface area contributed by atoms with Gasteiger partial charge in [0.15, 0.2) is 0 Å². The number of benzene rings is 2. The third kappa shape index (κ3) is 2.64. The average Bonchev–Trinajstić information content (AvgIpc) is 2.35. The minimum atomic E-state index is 0.643. The minimum Gasteiger partial charge on any atom is -0.398 e. The summed E-state index contributed by atoms with van der Waals surface area (Å²) in [5.41, 5.74) is 10.5. The highest BCUT2D eigenvalue weighted by Gasteiger charge is 2.06. The van der Waals surface area contributed by atoms with E-state index < -0.39 is 0 Å². The second kappa shape index (κ2) is 5.12. The molecule has 0 atom stereocenters. The van der Waals surface area contributed by atoms with Gasteiger partial charge in [-0.15, -0.1) is 0 Å². The van der Waals surface area contributed by atoms with Crippen LogP contribution in [0.3, 0.4) is 0 Å². The fourth-order valence-electron chi connectivity index (χ4n) is 1.91. The van der Waals surface area contributed by atoms with Crippen LogP contribution in [0.2, 0.25) is 5.02 Å². The maximum Gasteiger partial charge on any atom is 0.0991 e. The van der Waals surface area contributed by atoms with Gasteiger partial charge in [-0.3, -0.25) is 0 Å². The van der Waals surface area contributed by atoms with Gasteiger partial charge in [-0.2, -0.15) is 5.26 Å². The lowest BCUT2D eigenvalue weighted by atomic mass is 9.98. The van der Waals surface area contributed by atoms with Crippen molar-refractivity contribution in [1.29, 1.82) is 5.26 Å². The van der Waals surface area contributed by atoms with Gasteiger partial charge in [-0.05, 0) is 54.3 Å². The highest BCUT2D eigenvalue weighted by atomic mass is 35.5. The van der Waals surface area contributed by atoms with E-state index in [1.807, 2.05) is 31.2 Å². The quantitative estimate of drug-likeness (QED) is 0.833. The van der Waals surface area contributed by atoms with Gasteiger partial charge in [-0.1, -0.05) is 23.7 Å². The van der Waals surface area contributed by atoms with Gasteiger partial charge in [0, 0.05) is 10.7 Å². The van der Waals surface area contributed by atoms with E-state index in [0.717, 1.165) is 23.1 Å². The van der Waals surface area contributed by atoms with Gasteiger partial charge < -0.3 is 5.73 Å². The number of nitriles is 1. The van der Waals surface area contributed by atoms with Crippen LogP contribution in [0.1, 0.15) is 22.3 Å². The zero-order chi connectivity index (χ0) is 13.1. The van der Waals surface area contributed by atoms with Gasteiger partial charge in [-0.25, -0.2) is 0 Å². The van der Waals surface area contributed by atoms with E-state index in [9.17, 15) is 0 Å². The minimum absolute atomic E-state index is 0.643. The molecule has 2 N–H and O–H groups in total. The molecule has 0 aliphatic carbocycles. The van der Waals surface area contributed by atoms with Crippen LogP contribution in [0.4, 0.5) is 5.69 Å². The van der Waals surface area contributed by atoms with Crippen LogP contribution >= 0.6 is 11.6 Å². The molecule has 2 aromatic rings. The maximum atomic E-state index is 8.88. The van der Waals surface area contributed by atoms with Crippen LogP contribution in [-0.4, -0.2) is 0 Å². The Labute approximate surface area is 112 Å². The summed E-state index contributed by atoms with van der Waals surface area (Å²) in [6.07, 6.45) is 0.728. The summed E-state index contributed by atoms with van der Waals surface area (Å²) in [5.74, 6) is 0. The Morgan fingerprint density at radius 1 is 1.28 bits per heavy atom. The Morgan fingerprint density at radius 3 is 2.78 bits per heavy atom. The van der Waals surface area contributed by atoms with Crippen molar-refractivity contribution in [2.45, 2.75) is 13.3 Å². The Bertz CT molecular complexity index is 627. The van der Waals surface area contributed by atoms with Crippen molar-refractivity contribution < 1.29 is 0 Å². The smallest absolute Gasteiger partial charge is 0.0991 e. The second-order valence-electron chi connectivity index (χ2n) is 4.27. The summed E-state index contributed by atoms with van der Waals surface area (Å²) in [6, 6.07) is 13.4. The molecule has 18 heavy (non-hydrogen) atoms.